The summed E-state index contributed by atoms with van der Waals surface area (Å²) in [5.41, 5.74) is 0. The first-order chi connectivity index (χ1) is 9.07. The lowest BCUT2D eigenvalue weighted by Gasteiger charge is -2.15. The second-order valence-corrected chi connectivity index (χ2v) is 6.91. The molecule has 0 bridgehead atoms. The van der Waals surface area contributed by atoms with Gasteiger partial charge in [0.25, 0.3) is 0 Å². The van der Waals surface area contributed by atoms with Crippen molar-refractivity contribution in [2.45, 2.75) is 37.6 Å². The van der Waals surface area contributed by atoms with E-state index >= 15 is 0 Å². The normalized spacial score (nSPS) is 21.1. The van der Waals surface area contributed by atoms with Gasteiger partial charge in [-0.1, -0.05) is 13.3 Å². The molecule has 2 heterocycles. The maximum absolute atomic E-state index is 12.4. The van der Waals surface area contributed by atoms with Crippen LogP contribution in [0.2, 0.25) is 0 Å². The van der Waals surface area contributed by atoms with Gasteiger partial charge in [-0.05, 0) is 18.8 Å². The fraction of sp³-hybridized carbons (Fsp3) is 0.750. The number of sulfonamides is 1. The van der Waals surface area contributed by atoms with Gasteiger partial charge in [0.05, 0.1) is 19.3 Å². The second-order valence-electron chi connectivity index (χ2n) is 4.97. The molecule has 6 nitrogen and oxygen atoms in total. The van der Waals surface area contributed by atoms with E-state index in [9.17, 15) is 8.42 Å². The Hall–Kier alpha value is -0.920. The molecule has 1 N–H and O–H groups in total. The highest BCUT2D eigenvalue weighted by Crippen LogP contribution is 2.26. The van der Waals surface area contributed by atoms with Crippen LogP contribution in [0.25, 0.3) is 0 Å². The van der Waals surface area contributed by atoms with E-state index in [1.54, 1.807) is 4.31 Å². The summed E-state index contributed by atoms with van der Waals surface area (Å²) in [4.78, 5) is 0.220. The van der Waals surface area contributed by atoms with E-state index < -0.39 is 10.0 Å². The number of rotatable bonds is 6. The molecule has 19 heavy (non-hydrogen) atoms. The molecule has 7 heteroatoms. The van der Waals surface area contributed by atoms with Crippen LogP contribution >= 0.6 is 0 Å². The zero-order valence-corrected chi connectivity index (χ0v) is 12.0. The average Bonchev–Trinajstić information content (AvgIpc) is 2.99. The van der Waals surface area contributed by atoms with Crippen molar-refractivity contribution in [3.05, 3.63) is 12.4 Å². The number of nitrogens with zero attached hydrogens (tertiary/aromatic N) is 3. The third-order valence-electron chi connectivity index (χ3n) is 3.52. The summed E-state index contributed by atoms with van der Waals surface area (Å²) in [5.74, 6) is 0.479. The highest BCUT2D eigenvalue weighted by molar-refractivity contribution is 7.89. The maximum atomic E-state index is 12.4. The number of hydrogen-bond donors (Lipinski definition) is 1. The van der Waals surface area contributed by atoms with Gasteiger partial charge in [-0.15, -0.1) is 0 Å². The van der Waals surface area contributed by atoms with E-state index in [0.717, 1.165) is 19.3 Å². The van der Waals surface area contributed by atoms with Gasteiger partial charge in [0.2, 0.25) is 10.0 Å². The minimum absolute atomic E-state index is 0.0521. The molecule has 1 aromatic heterocycles. The molecule has 1 fully saturated rings. The Kier molecular flexibility index (Phi) is 4.59. The molecule has 0 amide bonds. The van der Waals surface area contributed by atoms with Gasteiger partial charge in [0.15, 0.2) is 0 Å². The summed E-state index contributed by atoms with van der Waals surface area (Å²) in [7, 11) is -3.42. The predicted octanol–water partition coefficient (Wildman–Crippen LogP) is 0.686. The molecule has 0 aromatic carbocycles. The van der Waals surface area contributed by atoms with Gasteiger partial charge < -0.3 is 5.11 Å². The molecular formula is C12H21N3O3S. The molecule has 0 saturated carbocycles. The predicted molar refractivity (Wildman–Crippen MR) is 71.1 cm³/mol. The van der Waals surface area contributed by atoms with Crippen molar-refractivity contribution < 1.29 is 13.5 Å². The summed E-state index contributed by atoms with van der Waals surface area (Å²) < 4.78 is 27.8. The minimum atomic E-state index is -3.42. The van der Waals surface area contributed by atoms with Gasteiger partial charge in [-0.25, -0.2) is 8.42 Å². The molecule has 1 aliphatic rings. The highest BCUT2D eigenvalue weighted by Gasteiger charge is 2.32. The standard InChI is InChI=1S/C12H21N3O3S/c1-2-3-11-4-5-15(9-11)19(17,18)12-8-13-14(10-12)6-7-16/h8,10-11,16H,2-7,9H2,1H3. The maximum Gasteiger partial charge on any atom is 0.246 e. The van der Waals surface area contributed by atoms with Crippen LogP contribution in [0.5, 0.6) is 0 Å². The number of aliphatic hydroxyl groups is 1. The van der Waals surface area contributed by atoms with E-state index in [0.29, 0.717) is 25.6 Å². The molecule has 0 aliphatic carbocycles. The fourth-order valence-electron chi connectivity index (χ4n) is 2.51. The Morgan fingerprint density at radius 1 is 1.53 bits per heavy atom. The lowest BCUT2D eigenvalue weighted by molar-refractivity contribution is 0.269. The SMILES string of the molecule is CCCC1CCN(S(=O)(=O)c2cnn(CCO)c2)C1. The monoisotopic (exact) mass is 287 g/mol. The molecule has 1 aliphatic heterocycles. The minimum Gasteiger partial charge on any atom is -0.394 e. The second kappa shape index (κ2) is 6.02. The van der Waals surface area contributed by atoms with E-state index in [1.165, 1.54) is 17.1 Å². The van der Waals surface area contributed by atoms with Crippen LogP contribution in [0, 0.1) is 5.92 Å². The first-order valence-electron chi connectivity index (χ1n) is 6.71. The topological polar surface area (TPSA) is 75.4 Å². The Labute approximate surface area is 114 Å². The Bertz CT molecular complexity index is 512. The molecule has 1 saturated heterocycles. The lowest BCUT2D eigenvalue weighted by Crippen LogP contribution is -2.28. The Morgan fingerprint density at radius 2 is 2.32 bits per heavy atom. The van der Waals surface area contributed by atoms with Gasteiger partial charge in [-0.3, -0.25) is 4.68 Å². The van der Waals surface area contributed by atoms with Crippen LogP contribution in [-0.4, -0.2) is 47.3 Å². The largest absolute Gasteiger partial charge is 0.394 e. The molecule has 1 atom stereocenters. The molecule has 108 valence electrons. The molecule has 1 unspecified atom stereocenters. The summed E-state index contributed by atoms with van der Waals surface area (Å²) in [6.45, 7) is 3.59. The van der Waals surface area contributed by atoms with Crippen LogP contribution in [-0.2, 0) is 16.6 Å². The quantitative estimate of drug-likeness (QED) is 0.835. The van der Waals surface area contributed by atoms with Crippen molar-refractivity contribution in [3.8, 4) is 0 Å². The Balaban J connectivity index is 2.09. The first kappa shape index (κ1) is 14.5. The van der Waals surface area contributed by atoms with Crippen molar-refractivity contribution in [3.63, 3.8) is 0 Å². The van der Waals surface area contributed by atoms with Gasteiger partial charge in [0, 0.05) is 19.3 Å². The molecular weight excluding hydrogens is 266 g/mol. The number of aliphatic hydroxyl groups excluding tert-OH is 1. The Morgan fingerprint density at radius 3 is 3.00 bits per heavy atom. The van der Waals surface area contributed by atoms with Crippen LogP contribution in [0.4, 0.5) is 0 Å². The van der Waals surface area contributed by atoms with Crippen LogP contribution < -0.4 is 0 Å². The van der Waals surface area contributed by atoms with Crippen molar-refractivity contribution >= 4 is 10.0 Å². The molecule has 1 aromatic rings. The van der Waals surface area contributed by atoms with E-state index in [1.807, 2.05) is 0 Å². The van der Waals surface area contributed by atoms with E-state index in [2.05, 4.69) is 12.0 Å². The highest BCUT2D eigenvalue weighted by atomic mass is 32.2. The molecule has 2 rings (SSSR count). The fourth-order valence-corrected chi connectivity index (χ4v) is 4.00. The lowest BCUT2D eigenvalue weighted by atomic mass is 10.0. The van der Waals surface area contributed by atoms with Crippen molar-refractivity contribution in [1.82, 2.24) is 14.1 Å². The van der Waals surface area contributed by atoms with Gasteiger partial charge in [0.1, 0.15) is 4.90 Å². The average molecular weight is 287 g/mol. The summed E-state index contributed by atoms with van der Waals surface area (Å²) in [6.07, 6.45) is 5.96. The number of aromatic nitrogens is 2. The molecule has 0 spiro atoms. The smallest absolute Gasteiger partial charge is 0.246 e. The van der Waals surface area contributed by atoms with Gasteiger partial charge >= 0.3 is 0 Å². The van der Waals surface area contributed by atoms with Crippen molar-refractivity contribution in [2.24, 2.45) is 5.92 Å². The van der Waals surface area contributed by atoms with Crippen LogP contribution in [0.3, 0.4) is 0 Å². The molecule has 0 radical (unpaired) electrons. The van der Waals surface area contributed by atoms with Crippen molar-refractivity contribution in [2.75, 3.05) is 19.7 Å². The van der Waals surface area contributed by atoms with E-state index in [-0.39, 0.29) is 11.5 Å². The summed E-state index contributed by atoms with van der Waals surface area (Å²) in [6, 6.07) is 0. The summed E-state index contributed by atoms with van der Waals surface area (Å²) in [5, 5.41) is 12.8. The first-order valence-corrected chi connectivity index (χ1v) is 8.15. The third kappa shape index (κ3) is 3.16. The van der Waals surface area contributed by atoms with Crippen LogP contribution in [0.15, 0.2) is 17.3 Å². The zero-order valence-electron chi connectivity index (χ0n) is 11.2. The number of hydrogen-bond acceptors (Lipinski definition) is 4. The zero-order chi connectivity index (χ0) is 13.9. The van der Waals surface area contributed by atoms with E-state index in [4.69, 9.17) is 5.11 Å². The summed E-state index contributed by atoms with van der Waals surface area (Å²) >= 11 is 0. The third-order valence-corrected chi connectivity index (χ3v) is 5.34. The van der Waals surface area contributed by atoms with Gasteiger partial charge in [-0.2, -0.15) is 9.40 Å². The van der Waals surface area contributed by atoms with Crippen molar-refractivity contribution in [1.29, 1.82) is 0 Å². The van der Waals surface area contributed by atoms with Crippen LogP contribution in [0.1, 0.15) is 26.2 Å².